The molecule has 0 radical (unpaired) electrons. The summed E-state index contributed by atoms with van der Waals surface area (Å²) >= 11 is 0. The predicted octanol–water partition coefficient (Wildman–Crippen LogP) is 5.54. The molecule has 1 saturated carbocycles. The standard InChI is InChI=1S/C32H46N2O3/c1-25(2)23-34(30(36)16-9-5-8-13-26-11-6-4-7-12-26)28-17-18-32(37)24-33(3)20-19-31(32,22-28)27-14-10-15-29(35)21-27/h4,6-7,10-12,14-15,21,25,28,35,37H,5,8-9,13,16-20,22-24H2,1-3H3/t28-,31-,32-/m0/s1. The van der Waals surface area contributed by atoms with Gasteiger partial charge in [0.25, 0.3) is 0 Å². The molecule has 2 N–H and O–H groups in total. The molecule has 2 aromatic rings. The number of carbonyl (C=O) groups excluding carboxylic acids is 1. The minimum Gasteiger partial charge on any atom is -0.508 e. The van der Waals surface area contributed by atoms with Crippen LogP contribution < -0.4 is 0 Å². The number of aryl methyl sites for hydroxylation is 1. The highest BCUT2D eigenvalue weighted by Gasteiger charge is 2.58. The van der Waals surface area contributed by atoms with Crippen LogP contribution in [0.5, 0.6) is 5.75 Å². The van der Waals surface area contributed by atoms with Crippen LogP contribution in [0.4, 0.5) is 0 Å². The number of phenolic OH excluding ortho intramolecular Hbond substituents is 1. The number of rotatable bonds is 10. The van der Waals surface area contributed by atoms with E-state index in [4.69, 9.17) is 0 Å². The van der Waals surface area contributed by atoms with Gasteiger partial charge in [-0.05, 0) is 87.7 Å². The zero-order chi connectivity index (χ0) is 26.5. The van der Waals surface area contributed by atoms with E-state index in [2.05, 4.69) is 61.0 Å². The lowest BCUT2D eigenvalue weighted by molar-refractivity contribution is -0.149. The van der Waals surface area contributed by atoms with Crippen molar-refractivity contribution >= 4 is 5.91 Å². The molecular weight excluding hydrogens is 460 g/mol. The Balaban J connectivity index is 1.47. The number of phenols is 1. The van der Waals surface area contributed by atoms with E-state index in [1.165, 1.54) is 5.56 Å². The summed E-state index contributed by atoms with van der Waals surface area (Å²) in [5.74, 6) is 0.876. The summed E-state index contributed by atoms with van der Waals surface area (Å²) in [6.07, 6.45) is 7.77. The first-order valence-electron chi connectivity index (χ1n) is 14.3. The van der Waals surface area contributed by atoms with Crippen LogP contribution >= 0.6 is 0 Å². The highest BCUT2D eigenvalue weighted by atomic mass is 16.3. The van der Waals surface area contributed by atoms with Crippen LogP contribution in [0.1, 0.15) is 76.3 Å². The second kappa shape index (κ2) is 12.0. The predicted molar refractivity (Wildman–Crippen MR) is 150 cm³/mol. The van der Waals surface area contributed by atoms with Gasteiger partial charge in [-0.25, -0.2) is 0 Å². The Morgan fingerprint density at radius 2 is 1.86 bits per heavy atom. The first-order chi connectivity index (χ1) is 17.7. The van der Waals surface area contributed by atoms with Gasteiger partial charge in [-0.1, -0.05) is 62.7 Å². The lowest BCUT2D eigenvalue weighted by Gasteiger charge is -2.59. The number of piperidine rings is 1. The summed E-state index contributed by atoms with van der Waals surface area (Å²) in [5.41, 5.74) is 1.03. The van der Waals surface area contributed by atoms with E-state index in [1.807, 2.05) is 18.2 Å². The average Bonchev–Trinajstić information content (AvgIpc) is 2.87. The molecule has 0 aromatic heterocycles. The smallest absolute Gasteiger partial charge is 0.222 e. The normalized spacial score (nSPS) is 26.1. The Hall–Kier alpha value is -2.37. The fourth-order valence-corrected chi connectivity index (χ4v) is 6.83. The lowest BCUT2D eigenvalue weighted by atomic mass is 9.55. The van der Waals surface area contributed by atoms with Crippen molar-refractivity contribution in [2.45, 2.75) is 88.7 Å². The zero-order valence-electron chi connectivity index (χ0n) is 23.0. The van der Waals surface area contributed by atoms with Crippen LogP contribution in [0.25, 0.3) is 0 Å². The number of β-amino-alcohol motifs (C(OH)–C–C–N with tert-alkyl or cyclic N) is 1. The molecule has 2 aromatic carbocycles. The Morgan fingerprint density at radius 1 is 1.08 bits per heavy atom. The number of unbranched alkanes of at least 4 members (excludes halogenated alkanes) is 2. The zero-order valence-corrected chi connectivity index (χ0v) is 23.0. The third kappa shape index (κ3) is 6.38. The number of carbonyl (C=O) groups is 1. The first kappa shape index (κ1) is 27.7. The molecule has 202 valence electrons. The molecule has 4 rings (SSSR count). The van der Waals surface area contributed by atoms with E-state index in [-0.39, 0.29) is 17.7 Å². The maximum Gasteiger partial charge on any atom is 0.222 e. The van der Waals surface area contributed by atoms with Crippen molar-refractivity contribution in [3.63, 3.8) is 0 Å². The van der Waals surface area contributed by atoms with Gasteiger partial charge in [-0.15, -0.1) is 0 Å². The number of benzene rings is 2. The van der Waals surface area contributed by atoms with Crippen molar-refractivity contribution < 1.29 is 15.0 Å². The second-order valence-corrected chi connectivity index (χ2v) is 12.0. The summed E-state index contributed by atoms with van der Waals surface area (Å²) in [5, 5.41) is 22.3. The van der Waals surface area contributed by atoms with Gasteiger partial charge in [0.15, 0.2) is 0 Å². The van der Waals surface area contributed by atoms with Crippen molar-refractivity contribution in [1.29, 1.82) is 0 Å². The third-order valence-corrected chi connectivity index (χ3v) is 8.74. The van der Waals surface area contributed by atoms with Gasteiger partial charge in [0.2, 0.25) is 5.91 Å². The highest BCUT2D eigenvalue weighted by Crippen LogP contribution is 2.52. The van der Waals surface area contributed by atoms with Gasteiger partial charge in [0.1, 0.15) is 5.75 Å². The molecule has 1 aliphatic heterocycles. The molecule has 0 spiro atoms. The molecule has 1 aliphatic carbocycles. The number of hydrogen-bond acceptors (Lipinski definition) is 4. The van der Waals surface area contributed by atoms with Crippen LogP contribution in [-0.4, -0.2) is 64.2 Å². The summed E-state index contributed by atoms with van der Waals surface area (Å²) in [4.78, 5) is 18.0. The molecule has 37 heavy (non-hydrogen) atoms. The Kier molecular flexibility index (Phi) is 8.97. The lowest BCUT2D eigenvalue weighted by Crippen LogP contribution is -2.67. The maximum absolute atomic E-state index is 13.6. The van der Waals surface area contributed by atoms with Gasteiger partial charge < -0.3 is 20.0 Å². The maximum atomic E-state index is 13.6. The Labute approximate surface area is 223 Å². The number of nitrogens with zero attached hydrogens (tertiary/aromatic N) is 2. The van der Waals surface area contributed by atoms with Gasteiger partial charge in [0.05, 0.1) is 5.60 Å². The molecule has 0 bridgehead atoms. The molecule has 2 fully saturated rings. The van der Waals surface area contributed by atoms with E-state index in [0.29, 0.717) is 25.3 Å². The largest absolute Gasteiger partial charge is 0.508 e. The first-order valence-corrected chi connectivity index (χ1v) is 14.3. The molecule has 1 saturated heterocycles. The van der Waals surface area contributed by atoms with Gasteiger partial charge in [0, 0.05) is 31.0 Å². The summed E-state index contributed by atoms with van der Waals surface area (Å²) in [6, 6.07) is 18.1. The van der Waals surface area contributed by atoms with Crippen LogP contribution in [0.2, 0.25) is 0 Å². The SMILES string of the molecule is CC(C)CN(C(=O)CCCCCc1ccccc1)[C@H]1CC[C@]2(O)CN(C)CC[C@@]2(c2cccc(O)c2)C1. The molecule has 0 unspecified atom stereocenters. The monoisotopic (exact) mass is 506 g/mol. The third-order valence-electron chi connectivity index (χ3n) is 8.74. The summed E-state index contributed by atoms with van der Waals surface area (Å²) < 4.78 is 0. The van der Waals surface area contributed by atoms with Crippen molar-refractivity contribution in [1.82, 2.24) is 9.80 Å². The average molecular weight is 507 g/mol. The molecule has 1 amide bonds. The fraction of sp³-hybridized carbons (Fsp3) is 0.594. The molecule has 5 heteroatoms. The molecule has 1 heterocycles. The van der Waals surface area contributed by atoms with Crippen LogP contribution in [-0.2, 0) is 16.6 Å². The van der Waals surface area contributed by atoms with Crippen LogP contribution in [0.3, 0.4) is 0 Å². The van der Waals surface area contributed by atoms with Gasteiger partial charge in [-0.2, -0.15) is 0 Å². The minimum absolute atomic E-state index is 0.102. The summed E-state index contributed by atoms with van der Waals surface area (Å²) in [6.45, 7) is 6.63. The highest BCUT2D eigenvalue weighted by molar-refractivity contribution is 5.76. The van der Waals surface area contributed by atoms with E-state index in [1.54, 1.807) is 6.07 Å². The number of likely N-dealkylation sites (N-methyl/N-ethyl adjacent to an activating group) is 1. The molecule has 5 nitrogen and oxygen atoms in total. The van der Waals surface area contributed by atoms with Gasteiger partial charge >= 0.3 is 0 Å². The Morgan fingerprint density at radius 3 is 2.59 bits per heavy atom. The number of amides is 1. The quantitative estimate of drug-likeness (QED) is 0.416. The van der Waals surface area contributed by atoms with Crippen molar-refractivity contribution in [3.8, 4) is 5.75 Å². The second-order valence-electron chi connectivity index (χ2n) is 12.0. The van der Waals surface area contributed by atoms with Crippen LogP contribution in [0.15, 0.2) is 54.6 Å². The van der Waals surface area contributed by atoms with E-state index in [9.17, 15) is 15.0 Å². The molecule has 3 atom stereocenters. The van der Waals surface area contributed by atoms with E-state index in [0.717, 1.165) is 63.6 Å². The molecular formula is C32H46N2O3. The van der Waals surface area contributed by atoms with Crippen LogP contribution in [0, 0.1) is 5.92 Å². The Bertz CT molecular complexity index is 1030. The number of aliphatic hydroxyl groups is 1. The number of aromatic hydroxyl groups is 1. The fourth-order valence-electron chi connectivity index (χ4n) is 6.83. The number of fused-ring (bicyclic) bond motifs is 1. The number of likely N-dealkylation sites (tertiary alicyclic amines) is 1. The van der Waals surface area contributed by atoms with Crippen molar-refractivity contribution in [3.05, 3.63) is 65.7 Å². The number of hydrogen-bond donors (Lipinski definition) is 2. The minimum atomic E-state index is -0.867. The molecule has 2 aliphatic rings. The topological polar surface area (TPSA) is 64.0 Å². The summed E-state index contributed by atoms with van der Waals surface area (Å²) in [7, 11) is 2.07. The van der Waals surface area contributed by atoms with E-state index >= 15 is 0 Å². The van der Waals surface area contributed by atoms with Gasteiger partial charge in [-0.3, -0.25) is 4.79 Å². The van der Waals surface area contributed by atoms with E-state index < -0.39 is 11.0 Å². The van der Waals surface area contributed by atoms with Crippen molar-refractivity contribution in [2.75, 3.05) is 26.7 Å². The van der Waals surface area contributed by atoms with Crippen molar-refractivity contribution in [2.24, 2.45) is 5.92 Å².